The van der Waals surface area contributed by atoms with Crippen LogP contribution in [0, 0.1) is 6.92 Å². The number of aryl methyl sites for hydroxylation is 1. The zero-order chi connectivity index (χ0) is 22.3. The Kier molecular flexibility index (Phi) is 7.39. The number of carbonyl (C=O) groups is 1. The van der Waals surface area contributed by atoms with Crippen LogP contribution in [0.5, 0.6) is 11.5 Å². The smallest absolute Gasteiger partial charge is 0.270 e. The average Bonchev–Trinajstić information content (AvgIpc) is 3.44. The molecular weight excluding hydrogens is 422 g/mol. The number of unbranched alkanes of at least 4 members (excludes halogenated alkanes) is 1. The Morgan fingerprint density at radius 2 is 1.81 bits per heavy atom. The normalized spacial score (nSPS) is 12.3. The van der Waals surface area contributed by atoms with E-state index in [1.807, 2.05) is 17.5 Å². The summed E-state index contributed by atoms with van der Waals surface area (Å²) in [7, 11) is 0. The second-order valence-corrected chi connectivity index (χ2v) is 9.00. The number of carbonyl (C=O) groups excluding carboxylic acids is 1. The van der Waals surface area contributed by atoms with E-state index in [-0.39, 0.29) is 12.7 Å². The minimum Gasteiger partial charge on any atom is -0.454 e. The van der Waals surface area contributed by atoms with Gasteiger partial charge in [0.05, 0.1) is 6.54 Å². The van der Waals surface area contributed by atoms with Gasteiger partial charge in [-0.25, -0.2) is 4.98 Å². The minimum absolute atomic E-state index is 0.0956. The van der Waals surface area contributed by atoms with Gasteiger partial charge in [0.2, 0.25) is 6.79 Å². The molecule has 4 rings (SSSR count). The van der Waals surface area contributed by atoms with Crippen molar-refractivity contribution in [3.63, 3.8) is 0 Å². The van der Waals surface area contributed by atoms with Crippen molar-refractivity contribution in [1.29, 1.82) is 0 Å². The topological polar surface area (TPSA) is 63.7 Å². The molecule has 0 aliphatic carbocycles. The van der Waals surface area contributed by atoms with Crippen molar-refractivity contribution in [2.24, 2.45) is 0 Å². The van der Waals surface area contributed by atoms with Crippen LogP contribution in [0.25, 0.3) is 0 Å². The molecule has 168 valence electrons. The van der Waals surface area contributed by atoms with Gasteiger partial charge in [0, 0.05) is 25.0 Å². The van der Waals surface area contributed by atoms with Gasteiger partial charge in [-0.2, -0.15) is 0 Å². The zero-order valence-electron chi connectivity index (χ0n) is 18.6. The number of fused-ring (bicyclic) bond motifs is 1. The molecule has 1 aliphatic heterocycles. The Hall–Kier alpha value is -2.90. The number of nitrogens with zero attached hydrogens (tertiary/aromatic N) is 2. The van der Waals surface area contributed by atoms with E-state index in [2.05, 4.69) is 59.4 Å². The first kappa shape index (κ1) is 22.3. The van der Waals surface area contributed by atoms with Crippen molar-refractivity contribution in [2.75, 3.05) is 13.3 Å². The number of rotatable bonds is 10. The fourth-order valence-corrected chi connectivity index (χ4v) is 4.38. The van der Waals surface area contributed by atoms with E-state index in [9.17, 15) is 4.79 Å². The van der Waals surface area contributed by atoms with Crippen molar-refractivity contribution >= 4 is 17.2 Å². The first-order valence-corrected chi connectivity index (χ1v) is 11.9. The summed E-state index contributed by atoms with van der Waals surface area (Å²) in [6, 6.07) is 14.7. The molecule has 1 aliphatic rings. The number of hydrogen-bond acceptors (Lipinski definition) is 6. The summed E-state index contributed by atoms with van der Waals surface area (Å²) in [6.45, 7) is 7.34. The van der Waals surface area contributed by atoms with Gasteiger partial charge in [-0.15, -0.1) is 11.3 Å². The number of ether oxygens (including phenoxy) is 2. The molecule has 1 aromatic heterocycles. The Bertz CT molecular complexity index is 1050. The maximum Gasteiger partial charge on any atom is 0.270 e. The fourth-order valence-electron chi connectivity index (χ4n) is 3.57. The molecule has 0 unspecified atom stereocenters. The molecule has 3 aromatic rings. The largest absolute Gasteiger partial charge is 0.454 e. The summed E-state index contributed by atoms with van der Waals surface area (Å²) in [5, 5.41) is 5.72. The number of aromatic nitrogens is 1. The molecule has 0 fully saturated rings. The van der Waals surface area contributed by atoms with E-state index in [1.165, 1.54) is 22.5 Å². The maximum atomic E-state index is 12.3. The summed E-state index contributed by atoms with van der Waals surface area (Å²) in [6.07, 6.45) is 2.03. The monoisotopic (exact) mass is 451 g/mol. The predicted octanol–water partition coefficient (Wildman–Crippen LogP) is 4.91. The van der Waals surface area contributed by atoms with Crippen LogP contribution in [0.1, 0.15) is 52.0 Å². The highest BCUT2D eigenvalue weighted by Gasteiger charge is 2.17. The third-order valence-electron chi connectivity index (χ3n) is 5.33. The van der Waals surface area contributed by atoms with Gasteiger partial charge in [-0.3, -0.25) is 9.69 Å². The fraction of sp³-hybridized carbons (Fsp3) is 0.360. The van der Waals surface area contributed by atoms with Gasteiger partial charge in [-0.05, 0) is 36.6 Å². The number of benzene rings is 2. The van der Waals surface area contributed by atoms with E-state index in [1.54, 1.807) is 0 Å². The summed E-state index contributed by atoms with van der Waals surface area (Å²) < 4.78 is 11.0. The zero-order valence-corrected chi connectivity index (χ0v) is 19.4. The summed E-state index contributed by atoms with van der Waals surface area (Å²) >= 11 is 1.53. The minimum atomic E-state index is -0.0956. The first-order valence-electron chi connectivity index (χ1n) is 11.0. The Morgan fingerprint density at radius 3 is 2.62 bits per heavy atom. The Balaban J connectivity index is 1.47. The molecule has 2 aromatic carbocycles. The van der Waals surface area contributed by atoms with Crippen molar-refractivity contribution < 1.29 is 14.3 Å². The third-order valence-corrected chi connectivity index (χ3v) is 6.16. The lowest BCUT2D eigenvalue weighted by Gasteiger charge is -2.22. The number of nitrogens with one attached hydrogen (secondary N) is 1. The molecule has 6 nitrogen and oxygen atoms in total. The Labute approximate surface area is 193 Å². The van der Waals surface area contributed by atoms with E-state index in [4.69, 9.17) is 9.47 Å². The molecule has 2 heterocycles. The maximum absolute atomic E-state index is 12.3. The van der Waals surface area contributed by atoms with Crippen LogP contribution in [0.3, 0.4) is 0 Å². The van der Waals surface area contributed by atoms with Crippen LogP contribution in [-0.4, -0.2) is 29.1 Å². The summed E-state index contributed by atoms with van der Waals surface area (Å²) in [5.74, 6) is 1.48. The summed E-state index contributed by atoms with van der Waals surface area (Å²) in [4.78, 5) is 19.3. The van der Waals surface area contributed by atoms with Gasteiger partial charge in [-0.1, -0.05) is 49.2 Å². The van der Waals surface area contributed by atoms with E-state index < -0.39 is 0 Å². The van der Waals surface area contributed by atoms with E-state index in [0.29, 0.717) is 18.8 Å². The average molecular weight is 452 g/mol. The molecule has 0 bridgehead atoms. The molecule has 0 radical (unpaired) electrons. The van der Waals surface area contributed by atoms with Gasteiger partial charge in [0.15, 0.2) is 11.5 Å². The highest BCUT2D eigenvalue weighted by Crippen LogP contribution is 2.33. The molecule has 0 saturated heterocycles. The quantitative estimate of drug-likeness (QED) is 0.444. The number of amides is 1. The molecule has 1 amide bonds. The Morgan fingerprint density at radius 1 is 1.06 bits per heavy atom. The van der Waals surface area contributed by atoms with Crippen LogP contribution in [-0.2, 0) is 19.6 Å². The molecule has 0 atom stereocenters. The predicted molar refractivity (Wildman–Crippen MR) is 126 cm³/mol. The molecule has 7 heteroatoms. The molecular formula is C25H29N3O3S. The molecule has 0 spiro atoms. The second kappa shape index (κ2) is 10.6. The summed E-state index contributed by atoms with van der Waals surface area (Å²) in [5.41, 5.74) is 4.13. The number of thiazole rings is 1. The van der Waals surface area contributed by atoms with Gasteiger partial charge < -0.3 is 14.8 Å². The van der Waals surface area contributed by atoms with Crippen molar-refractivity contribution in [1.82, 2.24) is 15.2 Å². The van der Waals surface area contributed by atoms with Crippen molar-refractivity contribution in [3.8, 4) is 11.5 Å². The van der Waals surface area contributed by atoms with Crippen molar-refractivity contribution in [3.05, 3.63) is 75.2 Å². The van der Waals surface area contributed by atoms with Gasteiger partial charge in [0.1, 0.15) is 10.7 Å². The van der Waals surface area contributed by atoms with Crippen LogP contribution >= 0.6 is 11.3 Å². The lowest BCUT2D eigenvalue weighted by Crippen LogP contribution is -2.25. The van der Waals surface area contributed by atoms with E-state index in [0.717, 1.165) is 48.0 Å². The molecule has 1 N–H and O–H groups in total. The van der Waals surface area contributed by atoms with Crippen LogP contribution in [0.2, 0.25) is 0 Å². The van der Waals surface area contributed by atoms with E-state index >= 15 is 0 Å². The van der Waals surface area contributed by atoms with Crippen LogP contribution in [0.15, 0.2) is 47.8 Å². The highest BCUT2D eigenvalue weighted by atomic mass is 32.1. The van der Waals surface area contributed by atoms with Crippen LogP contribution < -0.4 is 14.8 Å². The second-order valence-electron chi connectivity index (χ2n) is 8.05. The third kappa shape index (κ3) is 5.87. The van der Waals surface area contributed by atoms with Gasteiger partial charge >= 0.3 is 0 Å². The van der Waals surface area contributed by atoms with Gasteiger partial charge in [0.25, 0.3) is 5.91 Å². The van der Waals surface area contributed by atoms with Crippen molar-refractivity contribution in [2.45, 2.75) is 46.3 Å². The highest BCUT2D eigenvalue weighted by molar-refractivity contribution is 7.09. The lowest BCUT2D eigenvalue weighted by molar-refractivity contribution is 0.0948. The first-order chi connectivity index (χ1) is 15.6. The standard InChI is InChI=1S/C25H29N3O3S/c1-3-4-11-26-25(29)21-16-32-24(27-21)15-28(13-19-7-5-18(2)6-8-19)14-20-9-10-22-23(12-20)31-17-30-22/h5-10,12,16H,3-4,11,13-15,17H2,1-2H3,(H,26,29). The van der Waals surface area contributed by atoms with Crippen LogP contribution in [0.4, 0.5) is 0 Å². The molecule has 32 heavy (non-hydrogen) atoms. The SMILES string of the molecule is CCCCNC(=O)c1csc(CN(Cc2ccc(C)cc2)Cc2ccc3c(c2)OCO3)n1. The molecule has 0 saturated carbocycles. The number of hydrogen-bond donors (Lipinski definition) is 1. The lowest BCUT2D eigenvalue weighted by atomic mass is 10.1.